The Morgan fingerprint density at radius 1 is 1.50 bits per heavy atom. The summed E-state index contributed by atoms with van der Waals surface area (Å²) < 4.78 is 5.42. The molecule has 1 aromatic carbocycles. The maximum atomic E-state index is 5.94. The molecule has 3 nitrogen and oxygen atoms in total. The number of benzene rings is 1. The standard InChI is InChI=1S/C12H19ClN2O/c1-12(2,16-3)11(15-14)8-9-5-4-6-10(13)7-9/h4-7,11,15H,8,14H2,1-3H3. The SMILES string of the molecule is COC(C)(C)C(Cc1cccc(Cl)c1)NN. The summed E-state index contributed by atoms with van der Waals surface area (Å²) in [7, 11) is 1.68. The van der Waals surface area contributed by atoms with Gasteiger partial charge in [-0.2, -0.15) is 0 Å². The smallest absolute Gasteiger partial charge is 0.0791 e. The number of hydrazine groups is 1. The molecule has 3 N–H and O–H groups in total. The van der Waals surface area contributed by atoms with Crippen molar-refractivity contribution in [3.63, 3.8) is 0 Å². The fourth-order valence-corrected chi connectivity index (χ4v) is 1.76. The van der Waals surface area contributed by atoms with Crippen molar-refractivity contribution in [3.05, 3.63) is 34.9 Å². The van der Waals surface area contributed by atoms with Gasteiger partial charge in [0, 0.05) is 12.1 Å². The van der Waals surface area contributed by atoms with Crippen LogP contribution < -0.4 is 11.3 Å². The van der Waals surface area contributed by atoms with E-state index >= 15 is 0 Å². The highest BCUT2D eigenvalue weighted by Crippen LogP contribution is 2.19. The minimum absolute atomic E-state index is 0.0379. The highest BCUT2D eigenvalue weighted by molar-refractivity contribution is 6.30. The lowest BCUT2D eigenvalue weighted by Gasteiger charge is -2.32. The summed E-state index contributed by atoms with van der Waals surface area (Å²) in [5, 5.41) is 0.739. The zero-order valence-electron chi connectivity index (χ0n) is 9.96. The van der Waals surface area contributed by atoms with Crippen molar-refractivity contribution in [2.75, 3.05) is 7.11 Å². The molecule has 16 heavy (non-hydrogen) atoms. The zero-order valence-corrected chi connectivity index (χ0v) is 10.7. The minimum Gasteiger partial charge on any atom is -0.377 e. The van der Waals surface area contributed by atoms with Crippen molar-refractivity contribution in [1.82, 2.24) is 5.43 Å². The number of nitrogens with one attached hydrogen (secondary N) is 1. The Balaban J connectivity index is 2.78. The van der Waals surface area contributed by atoms with Crippen molar-refractivity contribution in [2.24, 2.45) is 5.84 Å². The van der Waals surface area contributed by atoms with Gasteiger partial charge >= 0.3 is 0 Å². The number of nitrogens with two attached hydrogens (primary N) is 1. The van der Waals surface area contributed by atoms with E-state index in [0.29, 0.717) is 0 Å². The number of methoxy groups -OCH3 is 1. The third kappa shape index (κ3) is 3.46. The van der Waals surface area contributed by atoms with Crippen LogP contribution in [0.3, 0.4) is 0 Å². The van der Waals surface area contributed by atoms with Gasteiger partial charge in [0.2, 0.25) is 0 Å². The first-order valence-corrected chi connectivity index (χ1v) is 5.63. The Hall–Kier alpha value is -0.610. The molecule has 0 amide bonds. The van der Waals surface area contributed by atoms with Crippen LogP contribution in [-0.4, -0.2) is 18.8 Å². The van der Waals surface area contributed by atoms with Crippen LogP contribution in [-0.2, 0) is 11.2 Å². The third-order valence-corrected chi connectivity index (χ3v) is 3.13. The molecule has 0 spiro atoms. The second kappa shape index (κ2) is 5.64. The summed E-state index contributed by atoms with van der Waals surface area (Å²) in [4.78, 5) is 0. The fourth-order valence-electron chi connectivity index (χ4n) is 1.55. The van der Waals surface area contributed by atoms with Crippen molar-refractivity contribution >= 4 is 11.6 Å². The molecule has 4 heteroatoms. The van der Waals surface area contributed by atoms with E-state index in [1.54, 1.807) is 7.11 Å². The zero-order chi connectivity index (χ0) is 12.2. The predicted molar refractivity (Wildman–Crippen MR) is 67.4 cm³/mol. The molecule has 0 bridgehead atoms. The molecule has 1 rings (SSSR count). The van der Waals surface area contributed by atoms with Crippen LogP contribution in [0.1, 0.15) is 19.4 Å². The Morgan fingerprint density at radius 3 is 2.69 bits per heavy atom. The van der Waals surface area contributed by atoms with Gasteiger partial charge in [-0.05, 0) is 38.0 Å². The van der Waals surface area contributed by atoms with Crippen LogP contribution in [0.5, 0.6) is 0 Å². The summed E-state index contributed by atoms with van der Waals surface area (Å²) in [5.74, 6) is 5.56. The van der Waals surface area contributed by atoms with Gasteiger partial charge in [0.15, 0.2) is 0 Å². The Bertz CT molecular complexity index is 342. The molecule has 0 aliphatic heterocycles. The largest absolute Gasteiger partial charge is 0.377 e. The first kappa shape index (κ1) is 13.5. The van der Waals surface area contributed by atoms with Crippen molar-refractivity contribution < 1.29 is 4.74 Å². The highest BCUT2D eigenvalue weighted by atomic mass is 35.5. The second-order valence-corrected chi connectivity index (χ2v) is 4.80. The molecule has 0 aromatic heterocycles. The molecule has 1 aromatic rings. The first-order chi connectivity index (χ1) is 7.49. The molecule has 90 valence electrons. The normalized spacial score (nSPS) is 13.8. The maximum Gasteiger partial charge on any atom is 0.0791 e. The van der Waals surface area contributed by atoms with Crippen LogP contribution in [0.25, 0.3) is 0 Å². The average molecular weight is 243 g/mol. The van der Waals surface area contributed by atoms with E-state index in [9.17, 15) is 0 Å². The molecule has 0 radical (unpaired) electrons. The van der Waals surface area contributed by atoms with Gasteiger partial charge in [0.25, 0.3) is 0 Å². The monoisotopic (exact) mass is 242 g/mol. The lowest BCUT2D eigenvalue weighted by Crippen LogP contribution is -2.52. The summed E-state index contributed by atoms with van der Waals surface area (Å²) in [6.45, 7) is 4.00. The number of hydrogen-bond donors (Lipinski definition) is 2. The molecule has 1 atom stereocenters. The average Bonchev–Trinajstić information content (AvgIpc) is 2.25. The molecule has 0 saturated heterocycles. The number of halogens is 1. The quantitative estimate of drug-likeness (QED) is 0.614. The van der Waals surface area contributed by atoms with E-state index in [1.165, 1.54) is 0 Å². The van der Waals surface area contributed by atoms with Crippen molar-refractivity contribution in [1.29, 1.82) is 0 Å². The molecular formula is C12H19ClN2O. The second-order valence-electron chi connectivity index (χ2n) is 4.36. The molecule has 1 unspecified atom stereocenters. The number of ether oxygens (including phenoxy) is 1. The lowest BCUT2D eigenvalue weighted by atomic mass is 9.93. The molecule has 0 aliphatic carbocycles. The van der Waals surface area contributed by atoms with Crippen molar-refractivity contribution in [3.8, 4) is 0 Å². The fraction of sp³-hybridized carbons (Fsp3) is 0.500. The van der Waals surface area contributed by atoms with Gasteiger partial charge in [-0.15, -0.1) is 0 Å². The first-order valence-electron chi connectivity index (χ1n) is 5.25. The molecule has 0 fully saturated rings. The van der Waals surface area contributed by atoms with Crippen LogP contribution in [0.15, 0.2) is 24.3 Å². The van der Waals surface area contributed by atoms with Crippen LogP contribution in [0, 0.1) is 0 Å². The van der Waals surface area contributed by atoms with Crippen molar-refractivity contribution in [2.45, 2.75) is 31.9 Å². The summed E-state index contributed by atoms with van der Waals surface area (Å²) in [5.41, 5.74) is 3.61. The van der Waals surface area contributed by atoms with Gasteiger partial charge < -0.3 is 4.74 Å². The van der Waals surface area contributed by atoms with Gasteiger partial charge in [0.05, 0.1) is 11.6 Å². The molecular weight excluding hydrogens is 224 g/mol. The Labute approximate surface area is 102 Å². The van der Waals surface area contributed by atoms with E-state index in [2.05, 4.69) is 5.43 Å². The lowest BCUT2D eigenvalue weighted by molar-refractivity contribution is -0.0101. The number of hydrogen-bond acceptors (Lipinski definition) is 3. The maximum absolute atomic E-state index is 5.94. The Kier molecular flexibility index (Phi) is 4.74. The molecule has 0 aliphatic rings. The van der Waals surface area contributed by atoms with Crippen LogP contribution in [0.2, 0.25) is 5.02 Å². The van der Waals surface area contributed by atoms with Gasteiger partial charge in [-0.1, -0.05) is 23.7 Å². The van der Waals surface area contributed by atoms with Crippen LogP contribution in [0.4, 0.5) is 0 Å². The number of rotatable bonds is 5. The van der Waals surface area contributed by atoms with Gasteiger partial charge in [-0.25, -0.2) is 0 Å². The van der Waals surface area contributed by atoms with Gasteiger partial charge in [-0.3, -0.25) is 11.3 Å². The van der Waals surface area contributed by atoms with E-state index in [4.69, 9.17) is 22.2 Å². The molecule has 0 saturated carbocycles. The predicted octanol–water partition coefficient (Wildman–Crippen LogP) is 2.14. The van der Waals surface area contributed by atoms with Crippen LogP contribution >= 0.6 is 11.6 Å². The highest BCUT2D eigenvalue weighted by Gasteiger charge is 2.28. The summed E-state index contributed by atoms with van der Waals surface area (Å²) in [6.07, 6.45) is 0.776. The van der Waals surface area contributed by atoms with E-state index in [-0.39, 0.29) is 11.6 Å². The van der Waals surface area contributed by atoms with E-state index in [1.807, 2.05) is 38.1 Å². The van der Waals surface area contributed by atoms with E-state index < -0.39 is 0 Å². The topological polar surface area (TPSA) is 47.3 Å². The summed E-state index contributed by atoms with van der Waals surface area (Å²) >= 11 is 5.94. The Morgan fingerprint density at radius 2 is 2.19 bits per heavy atom. The van der Waals surface area contributed by atoms with E-state index in [0.717, 1.165) is 17.0 Å². The third-order valence-electron chi connectivity index (χ3n) is 2.90. The summed E-state index contributed by atoms with van der Waals surface area (Å²) in [6, 6.07) is 7.80. The molecule has 0 heterocycles. The minimum atomic E-state index is -0.322. The van der Waals surface area contributed by atoms with Gasteiger partial charge in [0.1, 0.15) is 0 Å².